The lowest BCUT2D eigenvalue weighted by atomic mass is 10.2. The monoisotopic (exact) mass is 387 g/mol. The highest BCUT2D eigenvalue weighted by Gasteiger charge is 2.22. The second kappa shape index (κ2) is 7.42. The Morgan fingerprint density at radius 3 is 2.81 bits per heavy atom. The fourth-order valence-electron chi connectivity index (χ4n) is 3.35. The summed E-state index contributed by atoms with van der Waals surface area (Å²) < 4.78 is 20.3. The molecular weight excluding hydrogens is 365 g/mol. The number of carbonyl (C=O) groups is 1. The smallest absolute Gasteiger partial charge is 0.272 e. The van der Waals surface area contributed by atoms with Crippen molar-refractivity contribution in [1.82, 2.24) is 9.88 Å². The zero-order valence-corrected chi connectivity index (χ0v) is 16.2. The summed E-state index contributed by atoms with van der Waals surface area (Å²) in [5, 5.41) is 2.82. The number of halogens is 1. The van der Waals surface area contributed by atoms with Crippen LogP contribution in [-0.4, -0.2) is 42.1 Å². The predicted octanol–water partition coefficient (Wildman–Crippen LogP) is 4.07. The van der Waals surface area contributed by atoms with E-state index in [0.717, 1.165) is 28.9 Å². The molecule has 4 rings (SSSR count). The third-order valence-corrected chi connectivity index (χ3v) is 5.94. The van der Waals surface area contributed by atoms with Crippen molar-refractivity contribution in [3.05, 3.63) is 51.8 Å². The summed E-state index contributed by atoms with van der Waals surface area (Å²) in [5.41, 5.74) is 3.52. The highest BCUT2D eigenvalue weighted by Crippen LogP contribution is 2.32. The average Bonchev–Trinajstić information content (AvgIpc) is 3.16. The Balaban J connectivity index is 1.64. The highest BCUT2D eigenvalue weighted by atomic mass is 32.1. The lowest BCUT2D eigenvalue weighted by molar-refractivity contribution is 0.0343. The number of aromatic nitrogens is 1. The summed E-state index contributed by atoms with van der Waals surface area (Å²) in [4.78, 5) is 19.7. The molecule has 27 heavy (non-hydrogen) atoms. The van der Waals surface area contributed by atoms with Crippen LogP contribution >= 0.6 is 11.3 Å². The Morgan fingerprint density at radius 2 is 2.07 bits per heavy atom. The molecule has 3 aromatic rings. The molecule has 0 spiro atoms. The Bertz CT molecular complexity index is 989. The number of aromatic amines is 1. The van der Waals surface area contributed by atoms with E-state index in [2.05, 4.69) is 28.2 Å². The molecule has 2 aromatic heterocycles. The van der Waals surface area contributed by atoms with Gasteiger partial charge < -0.3 is 15.0 Å². The van der Waals surface area contributed by atoms with Gasteiger partial charge in [0.15, 0.2) is 0 Å². The first-order chi connectivity index (χ1) is 13.0. The minimum atomic E-state index is -0.329. The van der Waals surface area contributed by atoms with Crippen molar-refractivity contribution in [3.63, 3.8) is 0 Å². The van der Waals surface area contributed by atoms with Crippen molar-refractivity contribution in [3.8, 4) is 0 Å². The first kappa shape index (κ1) is 18.2. The molecule has 5 nitrogen and oxygen atoms in total. The van der Waals surface area contributed by atoms with Crippen molar-refractivity contribution in [2.45, 2.75) is 20.4 Å². The summed E-state index contributed by atoms with van der Waals surface area (Å²) >= 11 is 1.69. The van der Waals surface area contributed by atoms with Gasteiger partial charge in [-0.25, -0.2) is 4.39 Å². The Labute approximate surface area is 161 Å². The van der Waals surface area contributed by atoms with Crippen LogP contribution in [0.3, 0.4) is 0 Å². The molecule has 1 fully saturated rings. The molecule has 0 unspecified atom stereocenters. The standard InChI is InChI=1S/C20H22FN3O2S/c1-12-3-4-14(10-16(12)21)22-20(25)18-15(11-24-5-7-26-8-6-24)19-17(23-18)9-13(2)27-19/h3-4,9-10,23H,5-8,11H2,1-2H3,(H,22,25). The number of nitrogens with one attached hydrogen (secondary N) is 2. The Morgan fingerprint density at radius 1 is 1.30 bits per heavy atom. The number of carbonyl (C=O) groups excluding carboxylic acids is 1. The largest absolute Gasteiger partial charge is 0.379 e. The number of fused-ring (bicyclic) bond motifs is 1. The fraction of sp³-hybridized carbons (Fsp3) is 0.350. The van der Waals surface area contributed by atoms with Gasteiger partial charge in [-0.15, -0.1) is 11.3 Å². The molecule has 1 aliphatic rings. The number of rotatable bonds is 4. The van der Waals surface area contributed by atoms with Crippen LogP contribution in [0.2, 0.25) is 0 Å². The van der Waals surface area contributed by atoms with Gasteiger partial charge >= 0.3 is 0 Å². The second-order valence-electron chi connectivity index (χ2n) is 6.89. The number of hydrogen-bond acceptors (Lipinski definition) is 4. The minimum Gasteiger partial charge on any atom is -0.379 e. The van der Waals surface area contributed by atoms with Crippen LogP contribution in [0.4, 0.5) is 10.1 Å². The number of morpholine rings is 1. The van der Waals surface area contributed by atoms with Crippen LogP contribution in [0.15, 0.2) is 24.3 Å². The molecule has 0 bridgehead atoms. The molecule has 0 atom stereocenters. The van der Waals surface area contributed by atoms with Gasteiger partial charge in [0.2, 0.25) is 0 Å². The van der Waals surface area contributed by atoms with Crippen LogP contribution in [0, 0.1) is 19.7 Å². The normalized spacial score (nSPS) is 15.4. The quantitative estimate of drug-likeness (QED) is 0.710. The number of anilines is 1. The zero-order valence-electron chi connectivity index (χ0n) is 15.4. The average molecular weight is 387 g/mol. The van der Waals surface area contributed by atoms with Gasteiger partial charge in [-0.3, -0.25) is 9.69 Å². The maximum atomic E-state index is 13.8. The predicted molar refractivity (Wildman–Crippen MR) is 106 cm³/mol. The van der Waals surface area contributed by atoms with Crippen molar-refractivity contribution in [2.24, 2.45) is 0 Å². The van der Waals surface area contributed by atoms with Gasteiger partial charge in [-0.2, -0.15) is 0 Å². The highest BCUT2D eigenvalue weighted by molar-refractivity contribution is 7.19. The van der Waals surface area contributed by atoms with E-state index in [4.69, 9.17) is 4.74 Å². The Hall–Kier alpha value is -2.22. The summed E-state index contributed by atoms with van der Waals surface area (Å²) in [7, 11) is 0. The van der Waals surface area contributed by atoms with Gasteiger partial charge in [-0.05, 0) is 37.6 Å². The lowest BCUT2D eigenvalue weighted by Gasteiger charge is -2.26. The summed E-state index contributed by atoms with van der Waals surface area (Å²) in [6.07, 6.45) is 0. The van der Waals surface area contributed by atoms with E-state index in [1.807, 2.05) is 0 Å². The first-order valence-electron chi connectivity index (χ1n) is 9.00. The van der Waals surface area contributed by atoms with Crippen LogP contribution in [0.5, 0.6) is 0 Å². The van der Waals surface area contributed by atoms with E-state index in [1.54, 1.807) is 30.4 Å². The number of amides is 1. The van der Waals surface area contributed by atoms with E-state index >= 15 is 0 Å². The Kier molecular flexibility index (Phi) is 4.99. The van der Waals surface area contributed by atoms with Gasteiger partial charge in [0.05, 0.1) is 23.4 Å². The van der Waals surface area contributed by atoms with Crippen LogP contribution in [0.25, 0.3) is 10.2 Å². The van der Waals surface area contributed by atoms with Gasteiger partial charge in [-0.1, -0.05) is 6.07 Å². The van der Waals surface area contributed by atoms with Crippen molar-refractivity contribution < 1.29 is 13.9 Å². The summed E-state index contributed by atoms with van der Waals surface area (Å²) in [6.45, 7) is 7.56. The molecule has 0 aliphatic carbocycles. The molecule has 1 aliphatic heterocycles. The van der Waals surface area contributed by atoms with Crippen LogP contribution < -0.4 is 5.32 Å². The molecule has 1 amide bonds. The summed E-state index contributed by atoms with van der Waals surface area (Å²) in [5.74, 6) is -0.577. The third-order valence-electron chi connectivity index (χ3n) is 4.83. The number of benzene rings is 1. The van der Waals surface area contributed by atoms with Crippen LogP contribution in [0.1, 0.15) is 26.5 Å². The number of nitrogens with zero attached hydrogens (tertiary/aromatic N) is 1. The molecule has 142 valence electrons. The third kappa shape index (κ3) is 3.76. The van der Waals surface area contributed by atoms with E-state index in [1.165, 1.54) is 10.9 Å². The van der Waals surface area contributed by atoms with E-state index in [-0.39, 0.29) is 11.7 Å². The summed E-state index contributed by atoms with van der Waals surface area (Å²) in [6, 6.07) is 6.79. The molecule has 1 aromatic carbocycles. The molecule has 3 heterocycles. The second-order valence-corrected chi connectivity index (χ2v) is 8.14. The molecule has 1 saturated heterocycles. The van der Waals surface area contributed by atoms with Gasteiger partial charge in [0, 0.05) is 35.8 Å². The van der Waals surface area contributed by atoms with Crippen LogP contribution in [-0.2, 0) is 11.3 Å². The molecular formula is C20H22FN3O2S. The molecule has 2 N–H and O–H groups in total. The number of hydrogen-bond donors (Lipinski definition) is 2. The molecule has 0 saturated carbocycles. The zero-order chi connectivity index (χ0) is 19.0. The SMILES string of the molecule is Cc1cc2[nH]c(C(=O)Nc3ccc(C)c(F)c3)c(CN3CCOCC3)c2s1. The van der Waals surface area contributed by atoms with Crippen molar-refractivity contribution in [2.75, 3.05) is 31.6 Å². The van der Waals surface area contributed by atoms with Crippen molar-refractivity contribution >= 4 is 33.1 Å². The number of H-pyrrole nitrogens is 1. The van der Waals surface area contributed by atoms with Gasteiger partial charge in [0.25, 0.3) is 5.91 Å². The van der Waals surface area contributed by atoms with E-state index in [0.29, 0.717) is 36.7 Å². The maximum absolute atomic E-state index is 13.8. The topological polar surface area (TPSA) is 57.4 Å². The lowest BCUT2D eigenvalue weighted by Crippen LogP contribution is -2.36. The van der Waals surface area contributed by atoms with E-state index < -0.39 is 0 Å². The first-order valence-corrected chi connectivity index (χ1v) is 9.81. The van der Waals surface area contributed by atoms with E-state index in [9.17, 15) is 9.18 Å². The molecule has 7 heteroatoms. The maximum Gasteiger partial charge on any atom is 0.272 e. The van der Waals surface area contributed by atoms with Crippen molar-refractivity contribution in [1.29, 1.82) is 0 Å². The molecule has 0 radical (unpaired) electrons. The minimum absolute atomic E-state index is 0.248. The number of thiophene rings is 1. The number of ether oxygens (including phenoxy) is 1. The van der Waals surface area contributed by atoms with Gasteiger partial charge in [0.1, 0.15) is 11.5 Å². The fourth-order valence-corrected chi connectivity index (χ4v) is 4.36. The number of aryl methyl sites for hydroxylation is 2.